The van der Waals surface area contributed by atoms with Crippen molar-refractivity contribution in [1.29, 1.82) is 0 Å². The van der Waals surface area contributed by atoms with Crippen molar-refractivity contribution in [3.05, 3.63) is 28.8 Å². The Morgan fingerprint density at radius 1 is 1.29 bits per heavy atom. The third-order valence-corrected chi connectivity index (χ3v) is 3.03. The van der Waals surface area contributed by atoms with Gasteiger partial charge in [0.15, 0.2) is 0 Å². The zero-order valence-electron chi connectivity index (χ0n) is 11.0. The SMILES string of the molecule is Cc1cc(C(C)(C)C)c(O)cc1C(C)C(=O)O. The number of rotatable bonds is 2. The molecular weight excluding hydrogens is 216 g/mol. The second kappa shape index (κ2) is 4.40. The first-order chi connectivity index (χ1) is 7.64. The average molecular weight is 236 g/mol. The summed E-state index contributed by atoms with van der Waals surface area (Å²) < 4.78 is 0. The fourth-order valence-electron chi connectivity index (χ4n) is 1.91. The van der Waals surface area contributed by atoms with E-state index >= 15 is 0 Å². The minimum Gasteiger partial charge on any atom is -0.508 e. The number of aromatic hydroxyl groups is 1. The number of carboxylic acids is 1. The maximum absolute atomic E-state index is 11.0. The molecule has 0 amide bonds. The third kappa shape index (κ3) is 2.78. The van der Waals surface area contributed by atoms with E-state index in [0.29, 0.717) is 5.56 Å². The predicted molar refractivity (Wildman–Crippen MR) is 67.6 cm³/mol. The maximum atomic E-state index is 11.0. The van der Waals surface area contributed by atoms with Crippen LogP contribution in [-0.4, -0.2) is 16.2 Å². The second-order valence-electron chi connectivity index (χ2n) is 5.54. The van der Waals surface area contributed by atoms with E-state index in [1.54, 1.807) is 13.0 Å². The van der Waals surface area contributed by atoms with Gasteiger partial charge in [0.25, 0.3) is 0 Å². The molecule has 3 nitrogen and oxygen atoms in total. The lowest BCUT2D eigenvalue weighted by Gasteiger charge is -2.23. The number of aliphatic carboxylic acids is 1. The lowest BCUT2D eigenvalue weighted by molar-refractivity contribution is -0.138. The Kier molecular flexibility index (Phi) is 3.51. The van der Waals surface area contributed by atoms with Crippen molar-refractivity contribution in [1.82, 2.24) is 0 Å². The van der Waals surface area contributed by atoms with Gasteiger partial charge >= 0.3 is 5.97 Å². The van der Waals surface area contributed by atoms with Gasteiger partial charge in [-0.2, -0.15) is 0 Å². The maximum Gasteiger partial charge on any atom is 0.310 e. The quantitative estimate of drug-likeness (QED) is 0.829. The molecule has 0 aliphatic heterocycles. The molecule has 0 aliphatic carbocycles. The van der Waals surface area contributed by atoms with Gasteiger partial charge in [0.1, 0.15) is 5.75 Å². The average Bonchev–Trinajstić information content (AvgIpc) is 2.18. The predicted octanol–water partition coefficient (Wildman–Crippen LogP) is 3.19. The van der Waals surface area contributed by atoms with Crippen LogP contribution in [0.25, 0.3) is 0 Å². The van der Waals surface area contributed by atoms with Gasteiger partial charge in [0.2, 0.25) is 0 Å². The summed E-state index contributed by atoms with van der Waals surface area (Å²) in [6.45, 7) is 9.55. The van der Waals surface area contributed by atoms with Crippen LogP contribution in [0.3, 0.4) is 0 Å². The molecule has 1 aromatic carbocycles. The van der Waals surface area contributed by atoms with Crippen LogP contribution in [0.2, 0.25) is 0 Å². The van der Waals surface area contributed by atoms with Crippen molar-refractivity contribution in [2.75, 3.05) is 0 Å². The standard InChI is InChI=1S/C14H20O3/c1-8-6-11(14(3,4)5)12(15)7-10(8)9(2)13(16)17/h6-7,9,15H,1-5H3,(H,16,17). The van der Waals surface area contributed by atoms with E-state index in [1.807, 2.05) is 33.8 Å². The largest absolute Gasteiger partial charge is 0.508 e. The Hall–Kier alpha value is -1.51. The number of hydrogen-bond acceptors (Lipinski definition) is 2. The van der Waals surface area contributed by atoms with E-state index in [4.69, 9.17) is 5.11 Å². The van der Waals surface area contributed by atoms with Crippen molar-refractivity contribution in [2.24, 2.45) is 0 Å². The molecule has 0 aliphatic rings. The lowest BCUT2D eigenvalue weighted by atomic mass is 9.83. The van der Waals surface area contributed by atoms with Crippen molar-refractivity contribution in [2.45, 2.75) is 46.0 Å². The summed E-state index contributed by atoms with van der Waals surface area (Å²) in [5.74, 6) is -1.31. The normalized spacial score (nSPS) is 13.5. The van der Waals surface area contributed by atoms with E-state index in [0.717, 1.165) is 11.1 Å². The molecule has 0 spiro atoms. The molecule has 0 saturated heterocycles. The van der Waals surface area contributed by atoms with Crippen molar-refractivity contribution in [3.63, 3.8) is 0 Å². The topological polar surface area (TPSA) is 57.5 Å². The van der Waals surface area contributed by atoms with Gasteiger partial charge in [-0.05, 0) is 42.0 Å². The van der Waals surface area contributed by atoms with Gasteiger partial charge in [-0.1, -0.05) is 26.8 Å². The summed E-state index contributed by atoms with van der Waals surface area (Å²) in [7, 11) is 0. The molecule has 3 heteroatoms. The van der Waals surface area contributed by atoms with Crippen LogP contribution < -0.4 is 0 Å². The Bertz CT molecular complexity index is 442. The highest BCUT2D eigenvalue weighted by Gasteiger charge is 2.22. The highest BCUT2D eigenvalue weighted by molar-refractivity contribution is 5.76. The zero-order valence-corrected chi connectivity index (χ0v) is 11.0. The summed E-state index contributed by atoms with van der Waals surface area (Å²) in [4.78, 5) is 11.0. The molecule has 0 aromatic heterocycles. The van der Waals surface area contributed by atoms with Crippen molar-refractivity contribution in [3.8, 4) is 5.75 Å². The molecule has 17 heavy (non-hydrogen) atoms. The van der Waals surface area contributed by atoms with Crippen LogP contribution in [0.1, 0.15) is 50.3 Å². The van der Waals surface area contributed by atoms with Crippen molar-refractivity contribution < 1.29 is 15.0 Å². The molecular formula is C14H20O3. The molecule has 1 unspecified atom stereocenters. The Morgan fingerprint density at radius 2 is 1.82 bits per heavy atom. The first kappa shape index (κ1) is 13.6. The van der Waals surface area contributed by atoms with Gasteiger partial charge in [-0.15, -0.1) is 0 Å². The fourth-order valence-corrected chi connectivity index (χ4v) is 1.91. The molecule has 0 radical (unpaired) electrons. The van der Waals surface area contributed by atoms with Crippen LogP contribution in [0, 0.1) is 6.92 Å². The summed E-state index contributed by atoms with van der Waals surface area (Å²) in [5, 5.41) is 19.0. The van der Waals surface area contributed by atoms with Crippen LogP contribution in [0.15, 0.2) is 12.1 Å². The number of phenols is 1. The molecule has 0 heterocycles. The molecule has 1 rings (SSSR count). The monoisotopic (exact) mass is 236 g/mol. The number of carboxylic acid groups (broad SMARTS) is 1. The van der Waals surface area contributed by atoms with E-state index in [-0.39, 0.29) is 11.2 Å². The van der Waals surface area contributed by atoms with Gasteiger partial charge < -0.3 is 10.2 Å². The van der Waals surface area contributed by atoms with E-state index < -0.39 is 11.9 Å². The third-order valence-electron chi connectivity index (χ3n) is 3.03. The molecule has 1 atom stereocenters. The zero-order chi connectivity index (χ0) is 13.4. The van der Waals surface area contributed by atoms with Gasteiger partial charge in [-0.25, -0.2) is 0 Å². The van der Waals surface area contributed by atoms with Crippen molar-refractivity contribution >= 4 is 5.97 Å². The first-order valence-electron chi connectivity index (χ1n) is 5.71. The molecule has 0 saturated carbocycles. The second-order valence-corrected chi connectivity index (χ2v) is 5.54. The molecule has 0 fully saturated rings. The Labute approximate surface area is 102 Å². The number of hydrogen-bond donors (Lipinski definition) is 2. The molecule has 2 N–H and O–H groups in total. The highest BCUT2D eigenvalue weighted by atomic mass is 16.4. The smallest absolute Gasteiger partial charge is 0.310 e. The summed E-state index contributed by atoms with van der Waals surface area (Å²) in [6.07, 6.45) is 0. The number of phenolic OH excluding ortho intramolecular Hbond substituents is 1. The fraction of sp³-hybridized carbons (Fsp3) is 0.500. The number of carbonyl (C=O) groups is 1. The summed E-state index contributed by atoms with van der Waals surface area (Å²) in [6, 6.07) is 3.46. The number of aryl methyl sites for hydroxylation is 1. The Morgan fingerprint density at radius 3 is 2.24 bits per heavy atom. The molecule has 0 bridgehead atoms. The summed E-state index contributed by atoms with van der Waals surface area (Å²) >= 11 is 0. The lowest BCUT2D eigenvalue weighted by Crippen LogP contribution is -2.14. The Balaban J connectivity index is 3.33. The van der Waals surface area contributed by atoms with Gasteiger partial charge in [0, 0.05) is 0 Å². The van der Waals surface area contributed by atoms with E-state index in [2.05, 4.69) is 0 Å². The van der Waals surface area contributed by atoms with E-state index in [9.17, 15) is 9.90 Å². The van der Waals surface area contributed by atoms with E-state index in [1.165, 1.54) is 0 Å². The number of benzene rings is 1. The van der Waals surface area contributed by atoms with Crippen LogP contribution in [0.5, 0.6) is 5.75 Å². The minimum atomic E-state index is -0.879. The van der Waals surface area contributed by atoms with Gasteiger partial charge in [0.05, 0.1) is 5.92 Å². The van der Waals surface area contributed by atoms with Gasteiger partial charge in [-0.3, -0.25) is 4.79 Å². The van der Waals surface area contributed by atoms with Crippen LogP contribution in [-0.2, 0) is 10.2 Å². The minimum absolute atomic E-state index is 0.153. The first-order valence-corrected chi connectivity index (χ1v) is 5.71. The summed E-state index contributed by atoms with van der Waals surface area (Å²) in [5.41, 5.74) is 2.27. The van der Waals surface area contributed by atoms with Crippen LogP contribution >= 0.6 is 0 Å². The highest BCUT2D eigenvalue weighted by Crippen LogP contribution is 2.35. The van der Waals surface area contributed by atoms with Crippen LogP contribution in [0.4, 0.5) is 0 Å². The molecule has 1 aromatic rings. The molecule has 94 valence electrons.